The van der Waals surface area contributed by atoms with Crippen molar-refractivity contribution < 1.29 is 0 Å². The Hall–Kier alpha value is -1.76. The minimum Gasteiger partial charge on any atom is -0.298 e. The Morgan fingerprint density at radius 3 is 2.30 bits per heavy atom. The van der Waals surface area contributed by atoms with Crippen LogP contribution in [0.4, 0.5) is 0 Å². The third-order valence-electron chi connectivity index (χ3n) is 3.36. The lowest BCUT2D eigenvalue weighted by atomic mass is 9.94. The molecule has 2 aromatic carbocycles. The predicted octanol–water partition coefficient (Wildman–Crippen LogP) is 3.73. The number of hydrogen-bond acceptors (Lipinski definition) is 3. The number of rotatable bonds is 5. The zero-order valence-electron chi connectivity index (χ0n) is 11.8. The van der Waals surface area contributed by atoms with E-state index in [1.165, 1.54) is 10.5 Å². The molecule has 2 rings (SSSR count). The standard InChI is InChI=1S/C17H18N2S/c1-14-8-10-16(11-9-14)20-13-17(12-18,19-2)15-6-4-3-5-7-15/h3-11,19H,13H2,1-2H3. The zero-order chi connectivity index (χ0) is 14.4. The molecule has 3 heteroatoms. The summed E-state index contributed by atoms with van der Waals surface area (Å²) in [7, 11) is 1.84. The second kappa shape index (κ2) is 6.60. The van der Waals surface area contributed by atoms with Crippen molar-refractivity contribution in [3.8, 4) is 6.07 Å². The van der Waals surface area contributed by atoms with Crippen LogP contribution in [0.5, 0.6) is 0 Å². The maximum atomic E-state index is 9.63. The number of hydrogen-bond donors (Lipinski definition) is 1. The minimum atomic E-state index is -0.656. The van der Waals surface area contributed by atoms with Crippen molar-refractivity contribution >= 4 is 11.8 Å². The van der Waals surface area contributed by atoms with E-state index < -0.39 is 5.54 Å². The molecule has 0 radical (unpaired) electrons. The molecule has 0 saturated carbocycles. The SMILES string of the molecule is CNC(C#N)(CSc1ccc(C)cc1)c1ccccc1. The van der Waals surface area contributed by atoms with E-state index in [1.807, 2.05) is 37.4 Å². The molecule has 0 aliphatic carbocycles. The summed E-state index contributed by atoms with van der Waals surface area (Å²) in [6.07, 6.45) is 0. The van der Waals surface area contributed by atoms with E-state index in [0.29, 0.717) is 5.75 Å². The molecular weight excluding hydrogens is 264 g/mol. The number of aryl methyl sites for hydroxylation is 1. The van der Waals surface area contributed by atoms with Crippen LogP contribution in [0.1, 0.15) is 11.1 Å². The summed E-state index contributed by atoms with van der Waals surface area (Å²) in [4.78, 5) is 1.18. The van der Waals surface area contributed by atoms with Crippen LogP contribution in [0, 0.1) is 18.3 Å². The summed E-state index contributed by atoms with van der Waals surface area (Å²) < 4.78 is 0. The van der Waals surface area contributed by atoms with Crippen LogP contribution in [0.2, 0.25) is 0 Å². The van der Waals surface area contributed by atoms with Crippen LogP contribution >= 0.6 is 11.8 Å². The van der Waals surface area contributed by atoms with Crippen LogP contribution in [-0.2, 0) is 5.54 Å². The molecular formula is C17H18N2S. The number of nitrogens with zero attached hydrogens (tertiary/aromatic N) is 1. The van der Waals surface area contributed by atoms with Gasteiger partial charge in [0, 0.05) is 10.6 Å². The van der Waals surface area contributed by atoms with E-state index in [9.17, 15) is 5.26 Å². The van der Waals surface area contributed by atoms with E-state index in [2.05, 4.69) is 42.6 Å². The van der Waals surface area contributed by atoms with Gasteiger partial charge in [-0.15, -0.1) is 11.8 Å². The lowest BCUT2D eigenvalue weighted by Gasteiger charge is -2.26. The van der Waals surface area contributed by atoms with E-state index in [4.69, 9.17) is 0 Å². The van der Waals surface area contributed by atoms with Gasteiger partial charge in [-0.3, -0.25) is 5.32 Å². The maximum Gasteiger partial charge on any atom is 0.141 e. The third kappa shape index (κ3) is 3.22. The van der Waals surface area contributed by atoms with Gasteiger partial charge in [0.05, 0.1) is 6.07 Å². The van der Waals surface area contributed by atoms with Crippen molar-refractivity contribution in [1.29, 1.82) is 5.26 Å². The molecule has 0 amide bonds. The monoisotopic (exact) mass is 282 g/mol. The molecule has 0 saturated heterocycles. The van der Waals surface area contributed by atoms with Gasteiger partial charge in [-0.05, 0) is 31.7 Å². The Balaban J connectivity index is 2.18. The first-order valence-corrected chi connectivity index (χ1v) is 7.54. The molecule has 102 valence electrons. The van der Waals surface area contributed by atoms with Crippen molar-refractivity contribution in [3.05, 3.63) is 65.7 Å². The van der Waals surface area contributed by atoms with Gasteiger partial charge in [-0.1, -0.05) is 48.0 Å². The van der Waals surface area contributed by atoms with Gasteiger partial charge in [-0.2, -0.15) is 5.26 Å². The highest BCUT2D eigenvalue weighted by Crippen LogP contribution is 2.29. The van der Waals surface area contributed by atoms with Gasteiger partial charge >= 0.3 is 0 Å². The number of benzene rings is 2. The first-order valence-electron chi connectivity index (χ1n) is 6.55. The van der Waals surface area contributed by atoms with Crippen molar-refractivity contribution in [2.75, 3.05) is 12.8 Å². The molecule has 0 spiro atoms. The van der Waals surface area contributed by atoms with E-state index in [-0.39, 0.29) is 0 Å². The fourth-order valence-corrected chi connectivity index (χ4v) is 3.09. The quantitative estimate of drug-likeness (QED) is 0.849. The molecule has 1 N–H and O–H groups in total. The normalized spacial score (nSPS) is 13.4. The summed E-state index contributed by atoms with van der Waals surface area (Å²) in [6, 6.07) is 20.7. The summed E-state index contributed by atoms with van der Waals surface area (Å²) in [5, 5.41) is 12.8. The molecule has 0 aromatic heterocycles. The van der Waals surface area contributed by atoms with Crippen LogP contribution < -0.4 is 5.32 Å². The smallest absolute Gasteiger partial charge is 0.141 e. The molecule has 0 aliphatic rings. The second-order valence-electron chi connectivity index (χ2n) is 4.73. The Labute approximate surface area is 124 Å². The summed E-state index contributed by atoms with van der Waals surface area (Å²) in [5.74, 6) is 0.674. The maximum absolute atomic E-state index is 9.63. The molecule has 1 unspecified atom stereocenters. The second-order valence-corrected chi connectivity index (χ2v) is 5.78. The molecule has 0 heterocycles. The lowest BCUT2D eigenvalue weighted by molar-refractivity contribution is 0.528. The average molecular weight is 282 g/mol. The van der Waals surface area contributed by atoms with Crippen molar-refractivity contribution in [2.24, 2.45) is 0 Å². The summed E-state index contributed by atoms with van der Waals surface area (Å²) in [5.41, 5.74) is 1.60. The minimum absolute atomic E-state index is 0.656. The fraction of sp³-hybridized carbons (Fsp3) is 0.235. The highest BCUT2D eigenvalue weighted by Gasteiger charge is 2.30. The Morgan fingerprint density at radius 1 is 1.10 bits per heavy atom. The van der Waals surface area contributed by atoms with Gasteiger partial charge in [0.15, 0.2) is 0 Å². The number of nitrogens with one attached hydrogen (secondary N) is 1. The van der Waals surface area contributed by atoms with Gasteiger partial charge in [0.2, 0.25) is 0 Å². The van der Waals surface area contributed by atoms with Crippen molar-refractivity contribution in [2.45, 2.75) is 17.4 Å². The Morgan fingerprint density at radius 2 is 1.75 bits per heavy atom. The summed E-state index contributed by atoms with van der Waals surface area (Å²) >= 11 is 1.70. The molecule has 0 fully saturated rings. The van der Waals surface area contributed by atoms with Crippen LogP contribution in [-0.4, -0.2) is 12.8 Å². The molecule has 2 aromatic rings. The summed E-state index contributed by atoms with van der Waals surface area (Å²) in [6.45, 7) is 2.07. The van der Waals surface area contributed by atoms with Crippen LogP contribution in [0.15, 0.2) is 59.5 Å². The Bertz CT molecular complexity index is 587. The molecule has 0 aliphatic heterocycles. The number of thioether (sulfide) groups is 1. The highest BCUT2D eigenvalue weighted by atomic mass is 32.2. The first kappa shape index (κ1) is 14.6. The van der Waals surface area contributed by atoms with Gasteiger partial charge in [0.1, 0.15) is 5.54 Å². The van der Waals surface area contributed by atoms with E-state index in [0.717, 1.165) is 5.56 Å². The predicted molar refractivity (Wildman–Crippen MR) is 84.7 cm³/mol. The largest absolute Gasteiger partial charge is 0.298 e. The van der Waals surface area contributed by atoms with Crippen LogP contribution in [0.25, 0.3) is 0 Å². The topological polar surface area (TPSA) is 35.8 Å². The molecule has 0 bridgehead atoms. The Kier molecular flexibility index (Phi) is 4.84. The molecule has 20 heavy (non-hydrogen) atoms. The zero-order valence-corrected chi connectivity index (χ0v) is 12.6. The van der Waals surface area contributed by atoms with Gasteiger partial charge in [-0.25, -0.2) is 0 Å². The van der Waals surface area contributed by atoms with Crippen molar-refractivity contribution in [3.63, 3.8) is 0 Å². The fourth-order valence-electron chi connectivity index (χ4n) is 2.00. The first-order chi connectivity index (χ1) is 9.70. The van der Waals surface area contributed by atoms with Crippen molar-refractivity contribution in [1.82, 2.24) is 5.32 Å². The van der Waals surface area contributed by atoms with Gasteiger partial charge < -0.3 is 0 Å². The lowest BCUT2D eigenvalue weighted by Crippen LogP contribution is -2.41. The van der Waals surface area contributed by atoms with Crippen LogP contribution in [0.3, 0.4) is 0 Å². The van der Waals surface area contributed by atoms with E-state index >= 15 is 0 Å². The third-order valence-corrected chi connectivity index (χ3v) is 4.54. The molecule has 2 nitrogen and oxygen atoms in total. The van der Waals surface area contributed by atoms with E-state index in [1.54, 1.807) is 11.8 Å². The van der Waals surface area contributed by atoms with Gasteiger partial charge in [0.25, 0.3) is 0 Å². The average Bonchev–Trinajstić information content (AvgIpc) is 2.51. The number of nitriles is 1. The molecule has 1 atom stereocenters. The highest BCUT2D eigenvalue weighted by molar-refractivity contribution is 7.99.